The van der Waals surface area contributed by atoms with Crippen LogP contribution in [0.4, 0.5) is 5.82 Å². The standard InChI is InChI=1S/C16H17N5O3S/c1-10-8-11(2)21(19-10)12(13-4-3-7-25-13)9-17-15(22)16(23)18-14-5-6-24-20-14/h3-8,12H,9H2,1-2H3,(H,17,22)(H,18,20,23)/t12-/m1/s1. The van der Waals surface area contributed by atoms with E-state index in [0.717, 1.165) is 16.3 Å². The molecule has 2 N–H and O–H groups in total. The SMILES string of the molecule is Cc1cc(C)n([C@H](CNC(=O)C(=O)Nc2ccon2)c2cccs2)n1. The molecule has 3 aromatic heterocycles. The van der Waals surface area contributed by atoms with Gasteiger partial charge in [-0.1, -0.05) is 11.2 Å². The maximum absolute atomic E-state index is 12.1. The zero-order chi connectivity index (χ0) is 17.8. The average Bonchev–Trinajstić information content (AvgIpc) is 3.31. The predicted octanol–water partition coefficient (Wildman–Crippen LogP) is 1.89. The van der Waals surface area contributed by atoms with E-state index in [0.29, 0.717) is 0 Å². The van der Waals surface area contributed by atoms with Crippen LogP contribution in [0.3, 0.4) is 0 Å². The predicted molar refractivity (Wildman–Crippen MR) is 92.3 cm³/mol. The van der Waals surface area contributed by atoms with Crippen LogP contribution >= 0.6 is 11.3 Å². The van der Waals surface area contributed by atoms with E-state index in [4.69, 9.17) is 0 Å². The first-order chi connectivity index (χ1) is 12.0. The van der Waals surface area contributed by atoms with E-state index in [9.17, 15) is 9.59 Å². The van der Waals surface area contributed by atoms with Gasteiger partial charge in [0.2, 0.25) is 0 Å². The highest BCUT2D eigenvalue weighted by Gasteiger charge is 2.21. The van der Waals surface area contributed by atoms with Crippen LogP contribution in [-0.2, 0) is 9.59 Å². The van der Waals surface area contributed by atoms with Gasteiger partial charge in [-0.05, 0) is 31.4 Å². The molecule has 9 heteroatoms. The van der Waals surface area contributed by atoms with Gasteiger partial charge in [0.25, 0.3) is 0 Å². The van der Waals surface area contributed by atoms with Gasteiger partial charge in [-0.15, -0.1) is 11.3 Å². The highest BCUT2D eigenvalue weighted by molar-refractivity contribution is 7.10. The molecule has 0 spiro atoms. The Kier molecular flexibility index (Phi) is 4.94. The second-order valence-electron chi connectivity index (χ2n) is 5.45. The Labute approximate surface area is 147 Å². The fourth-order valence-corrected chi connectivity index (χ4v) is 3.28. The van der Waals surface area contributed by atoms with E-state index in [2.05, 4.69) is 25.4 Å². The van der Waals surface area contributed by atoms with E-state index in [1.807, 2.05) is 42.1 Å². The summed E-state index contributed by atoms with van der Waals surface area (Å²) in [6.45, 7) is 4.12. The van der Waals surface area contributed by atoms with E-state index in [1.54, 1.807) is 11.3 Å². The largest absolute Gasteiger partial charge is 0.363 e. The Morgan fingerprint density at radius 1 is 1.32 bits per heavy atom. The molecule has 3 rings (SSSR count). The first-order valence-electron chi connectivity index (χ1n) is 7.60. The summed E-state index contributed by atoms with van der Waals surface area (Å²) < 4.78 is 6.47. The van der Waals surface area contributed by atoms with Crippen molar-refractivity contribution in [3.8, 4) is 0 Å². The molecule has 0 aromatic carbocycles. The normalized spacial score (nSPS) is 11.9. The number of nitrogens with one attached hydrogen (secondary N) is 2. The number of rotatable bonds is 5. The molecule has 0 aliphatic heterocycles. The molecule has 0 unspecified atom stereocenters. The summed E-state index contributed by atoms with van der Waals surface area (Å²) in [5, 5.41) is 15.0. The number of carbonyl (C=O) groups is 2. The third-order valence-electron chi connectivity index (χ3n) is 3.55. The average molecular weight is 359 g/mol. The summed E-state index contributed by atoms with van der Waals surface area (Å²) in [6, 6.07) is 7.16. The summed E-state index contributed by atoms with van der Waals surface area (Å²) >= 11 is 1.57. The number of amides is 2. The number of hydrogen-bond acceptors (Lipinski definition) is 6. The first-order valence-corrected chi connectivity index (χ1v) is 8.48. The van der Waals surface area contributed by atoms with Gasteiger partial charge in [0.1, 0.15) is 12.3 Å². The first kappa shape index (κ1) is 16.9. The summed E-state index contributed by atoms with van der Waals surface area (Å²) in [5.74, 6) is -1.35. The van der Waals surface area contributed by atoms with Crippen LogP contribution < -0.4 is 10.6 Å². The van der Waals surface area contributed by atoms with E-state index in [1.165, 1.54) is 12.3 Å². The lowest BCUT2D eigenvalue weighted by molar-refractivity contribution is -0.136. The summed E-state index contributed by atoms with van der Waals surface area (Å²) in [7, 11) is 0. The number of carbonyl (C=O) groups excluding carboxylic acids is 2. The van der Waals surface area contributed by atoms with Crippen molar-refractivity contribution in [1.29, 1.82) is 0 Å². The minimum absolute atomic E-state index is 0.183. The van der Waals surface area contributed by atoms with Gasteiger partial charge in [0.15, 0.2) is 5.82 Å². The Hall–Kier alpha value is -2.94. The minimum Gasteiger partial charge on any atom is -0.363 e. The number of nitrogens with zero attached hydrogens (tertiary/aromatic N) is 3. The van der Waals surface area contributed by atoms with Crippen LogP contribution in [0.5, 0.6) is 0 Å². The van der Waals surface area contributed by atoms with Crippen LogP contribution in [0.25, 0.3) is 0 Å². The van der Waals surface area contributed by atoms with Crippen LogP contribution in [0, 0.1) is 13.8 Å². The maximum atomic E-state index is 12.1. The summed E-state index contributed by atoms with van der Waals surface area (Å²) in [4.78, 5) is 25.0. The minimum atomic E-state index is -0.799. The fraction of sp³-hybridized carbons (Fsp3) is 0.250. The fourth-order valence-electron chi connectivity index (χ4n) is 2.47. The van der Waals surface area contributed by atoms with Gasteiger partial charge < -0.3 is 9.84 Å². The number of hydrogen-bond donors (Lipinski definition) is 2. The second-order valence-corrected chi connectivity index (χ2v) is 6.43. The molecule has 8 nitrogen and oxygen atoms in total. The molecule has 0 aliphatic rings. The summed E-state index contributed by atoms with van der Waals surface area (Å²) in [5.41, 5.74) is 1.88. The van der Waals surface area contributed by atoms with Gasteiger partial charge >= 0.3 is 11.8 Å². The van der Waals surface area contributed by atoms with Crippen molar-refractivity contribution < 1.29 is 14.1 Å². The third-order valence-corrected chi connectivity index (χ3v) is 4.53. The van der Waals surface area contributed by atoms with Crippen LogP contribution in [0.1, 0.15) is 22.3 Å². The zero-order valence-corrected chi connectivity index (χ0v) is 14.5. The van der Waals surface area contributed by atoms with Gasteiger partial charge in [-0.2, -0.15) is 5.10 Å². The molecule has 130 valence electrons. The second kappa shape index (κ2) is 7.31. The molecule has 0 saturated heterocycles. The lowest BCUT2D eigenvalue weighted by Gasteiger charge is -2.18. The molecule has 0 radical (unpaired) electrons. The quantitative estimate of drug-likeness (QED) is 0.677. The van der Waals surface area contributed by atoms with Gasteiger partial charge in [-0.25, -0.2) is 0 Å². The van der Waals surface area contributed by atoms with Crippen molar-refractivity contribution >= 4 is 29.0 Å². The van der Waals surface area contributed by atoms with Crippen LogP contribution in [0.15, 0.2) is 40.4 Å². The third kappa shape index (κ3) is 3.94. The molecule has 0 bridgehead atoms. The monoisotopic (exact) mass is 359 g/mol. The number of thiophene rings is 1. The molecule has 3 aromatic rings. The maximum Gasteiger partial charge on any atom is 0.314 e. The van der Waals surface area contributed by atoms with E-state index >= 15 is 0 Å². The van der Waals surface area contributed by atoms with Crippen molar-refractivity contribution in [2.24, 2.45) is 0 Å². The number of aryl methyl sites for hydroxylation is 2. The molecular weight excluding hydrogens is 342 g/mol. The van der Waals surface area contributed by atoms with Crippen LogP contribution in [-0.4, -0.2) is 33.3 Å². The lowest BCUT2D eigenvalue weighted by atomic mass is 10.2. The summed E-state index contributed by atoms with van der Waals surface area (Å²) in [6.07, 6.45) is 1.31. The molecule has 25 heavy (non-hydrogen) atoms. The Morgan fingerprint density at radius 3 is 2.76 bits per heavy atom. The van der Waals surface area contributed by atoms with Gasteiger partial charge in [0.05, 0.1) is 5.69 Å². The van der Waals surface area contributed by atoms with Gasteiger partial charge in [-0.3, -0.25) is 19.6 Å². The van der Waals surface area contributed by atoms with E-state index < -0.39 is 11.8 Å². The Morgan fingerprint density at radius 2 is 2.16 bits per heavy atom. The van der Waals surface area contributed by atoms with Crippen LogP contribution in [0.2, 0.25) is 0 Å². The van der Waals surface area contributed by atoms with Crippen molar-refractivity contribution in [2.45, 2.75) is 19.9 Å². The van der Waals surface area contributed by atoms with E-state index in [-0.39, 0.29) is 18.4 Å². The highest BCUT2D eigenvalue weighted by Crippen LogP contribution is 2.24. The molecule has 0 saturated carbocycles. The van der Waals surface area contributed by atoms with Crippen molar-refractivity contribution in [2.75, 3.05) is 11.9 Å². The molecule has 0 fully saturated rings. The van der Waals surface area contributed by atoms with Crippen molar-refractivity contribution in [3.05, 3.63) is 52.2 Å². The Bertz CT molecular complexity index is 855. The zero-order valence-electron chi connectivity index (χ0n) is 13.7. The highest BCUT2D eigenvalue weighted by atomic mass is 32.1. The topological polar surface area (TPSA) is 102 Å². The number of anilines is 1. The van der Waals surface area contributed by atoms with Crippen molar-refractivity contribution in [3.63, 3.8) is 0 Å². The smallest absolute Gasteiger partial charge is 0.314 e. The number of aromatic nitrogens is 3. The van der Waals surface area contributed by atoms with Gasteiger partial charge in [0, 0.05) is 23.2 Å². The lowest BCUT2D eigenvalue weighted by Crippen LogP contribution is -2.39. The van der Waals surface area contributed by atoms with Crippen molar-refractivity contribution in [1.82, 2.24) is 20.3 Å². The molecule has 2 amide bonds. The molecule has 0 aliphatic carbocycles. The molecule has 3 heterocycles. The molecular formula is C16H17N5O3S. The molecule has 1 atom stereocenters. The Balaban J connectivity index is 1.70.